The summed E-state index contributed by atoms with van der Waals surface area (Å²) in [6, 6.07) is 0. The fourth-order valence-electron chi connectivity index (χ4n) is 0.331. The first kappa shape index (κ1) is 8.39. The zero-order valence-electron chi connectivity index (χ0n) is 5.83. The summed E-state index contributed by atoms with van der Waals surface area (Å²) >= 11 is 0. The lowest BCUT2D eigenvalue weighted by Gasteiger charge is -2.26. The quantitative estimate of drug-likeness (QED) is 0.380. The van der Waals surface area contributed by atoms with Gasteiger partial charge < -0.3 is 10.2 Å². The molecule has 0 aromatic rings. The van der Waals surface area contributed by atoms with E-state index in [1.54, 1.807) is 21.1 Å². The molecule has 0 aliphatic rings. The van der Waals surface area contributed by atoms with Crippen molar-refractivity contribution < 1.29 is 19.5 Å². The molecule has 9 heavy (non-hydrogen) atoms. The van der Waals surface area contributed by atoms with E-state index in [2.05, 4.69) is 0 Å². The topological polar surface area (TPSA) is 57.5 Å². The van der Waals surface area contributed by atoms with Gasteiger partial charge in [-0.15, -0.1) is 0 Å². The van der Waals surface area contributed by atoms with Crippen molar-refractivity contribution in [3.63, 3.8) is 0 Å². The molecule has 0 aliphatic carbocycles. The maximum atomic E-state index is 10.1. The molecule has 0 rings (SSSR count). The zero-order valence-corrected chi connectivity index (χ0v) is 5.83. The van der Waals surface area contributed by atoms with Crippen molar-refractivity contribution in [2.24, 2.45) is 0 Å². The molecular formula is C5H12NO3+. The highest BCUT2D eigenvalue weighted by Crippen LogP contribution is 1.97. The fraction of sp³-hybridized carbons (Fsp3) is 0.800. The fourth-order valence-corrected chi connectivity index (χ4v) is 0.331. The first-order chi connectivity index (χ1) is 3.85. The highest BCUT2D eigenvalue weighted by molar-refractivity contribution is 5.70. The molecular weight excluding hydrogens is 122 g/mol. The van der Waals surface area contributed by atoms with E-state index < -0.39 is 12.2 Å². The summed E-state index contributed by atoms with van der Waals surface area (Å²) in [5, 5.41) is 17.1. The van der Waals surface area contributed by atoms with Crippen LogP contribution in [0.5, 0.6) is 0 Å². The Morgan fingerprint density at radius 3 is 1.78 bits per heavy atom. The molecule has 0 saturated heterocycles. The predicted octanol–water partition coefficient (Wildman–Crippen LogP) is -0.904. The SMILES string of the molecule is C[N+](C)(C)C(O)C(=O)O. The van der Waals surface area contributed by atoms with E-state index in [9.17, 15) is 4.79 Å². The van der Waals surface area contributed by atoms with E-state index in [-0.39, 0.29) is 4.48 Å². The molecule has 0 fully saturated rings. The van der Waals surface area contributed by atoms with Crippen molar-refractivity contribution in [2.75, 3.05) is 21.1 Å². The predicted molar refractivity (Wildman–Crippen MR) is 31.7 cm³/mol. The van der Waals surface area contributed by atoms with Crippen LogP contribution in [0.4, 0.5) is 0 Å². The molecule has 0 aromatic carbocycles. The molecule has 0 amide bonds. The Morgan fingerprint density at radius 2 is 1.78 bits per heavy atom. The van der Waals surface area contributed by atoms with Gasteiger partial charge in [0, 0.05) is 0 Å². The molecule has 0 spiro atoms. The van der Waals surface area contributed by atoms with Crippen LogP contribution in [0.15, 0.2) is 0 Å². The Kier molecular flexibility index (Phi) is 2.17. The Morgan fingerprint density at radius 1 is 1.44 bits per heavy atom. The number of aliphatic hydroxyl groups excluding tert-OH is 1. The lowest BCUT2D eigenvalue weighted by Crippen LogP contribution is -2.49. The molecule has 0 aliphatic heterocycles. The number of carboxylic acid groups (broad SMARTS) is 1. The Bertz CT molecular complexity index is 116. The second-order valence-corrected chi connectivity index (χ2v) is 2.83. The Hall–Kier alpha value is -0.610. The highest BCUT2D eigenvalue weighted by Gasteiger charge is 2.27. The van der Waals surface area contributed by atoms with Crippen molar-refractivity contribution in [1.29, 1.82) is 0 Å². The molecule has 1 unspecified atom stereocenters. The minimum absolute atomic E-state index is 0.0231. The van der Waals surface area contributed by atoms with Crippen LogP contribution in [-0.4, -0.2) is 48.0 Å². The molecule has 54 valence electrons. The van der Waals surface area contributed by atoms with E-state index in [4.69, 9.17) is 10.2 Å². The van der Waals surface area contributed by atoms with Gasteiger partial charge in [-0.2, -0.15) is 0 Å². The second kappa shape index (κ2) is 2.33. The lowest BCUT2D eigenvalue weighted by atomic mass is 10.4. The summed E-state index contributed by atoms with van der Waals surface area (Å²) in [5.41, 5.74) is 0. The zero-order chi connectivity index (χ0) is 7.65. The van der Waals surface area contributed by atoms with Gasteiger partial charge in [0.15, 0.2) is 0 Å². The van der Waals surface area contributed by atoms with Gasteiger partial charge >= 0.3 is 5.97 Å². The number of likely N-dealkylation sites (N-methyl/N-ethyl adjacent to an activating group) is 1. The third kappa shape index (κ3) is 2.43. The molecule has 0 radical (unpaired) electrons. The monoisotopic (exact) mass is 134 g/mol. The summed E-state index contributed by atoms with van der Waals surface area (Å²) in [6.45, 7) is 0. The van der Waals surface area contributed by atoms with Crippen LogP contribution in [0.1, 0.15) is 0 Å². The van der Waals surface area contributed by atoms with Crippen molar-refractivity contribution in [2.45, 2.75) is 6.23 Å². The first-order valence-electron chi connectivity index (χ1n) is 2.57. The van der Waals surface area contributed by atoms with Gasteiger partial charge in [-0.3, -0.25) is 4.48 Å². The molecule has 0 aromatic heterocycles. The Balaban J connectivity index is 4.04. The summed E-state index contributed by atoms with van der Waals surface area (Å²) in [4.78, 5) is 10.1. The number of hydrogen-bond acceptors (Lipinski definition) is 2. The van der Waals surface area contributed by atoms with Crippen molar-refractivity contribution in [3.8, 4) is 0 Å². The number of quaternary nitrogens is 1. The minimum Gasteiger partial charge on any atom is -0.475 e. The van der Waals surface area contributed by atoms with Crippen molar-refractivity contribution in [3.05, 3.63) is 0 Å². The number of carbonyl (C=O) groups is 1. The van der Waals surface area contributed by atoms with Crippen LogP contribution < -0.4 is 0 Å². The van der Waals surface area contributed by atoms with E-state index in [0.29, 0.717) is 0 Å². The minimum atomic E-state index is -1.33. The van der Waals surface area contributed by atoms with E-state index in [0.717, 1.165) is 0 Å². The largest absolute Gasteiger partial charge is 0.475 e. The second-order valence-electron chi connectivity index (χ2n) is 2.83. The van der Waals surface area contributed by atoms with E-state index in [1.807, 2.05) is 0 Å². The molecule has 0 heterocycles. The molecule has 0 bridgehead atoms. The molecule has 1 atom stereocenters. The number of rotatable bonds is 2. The maximum absolute atomic E-state index is 10.1. The maximum Gasteiger partial charge on any atom is 0.392 e. The molecule has 2 N–H and O–H groups in total. The molecule has 0 saturated carbocycles. The van der Waals surface area contributed by atoms with Crippen LogP contribution >= 0.6 is 0 Å². The third-order valence-electron chi connectivity index (χ3n) is 0.955. The number of hydrogen-bond donors (Lipinski definition) is 2. The normalized spacial score (nSPS) is 15.1. The van der Waals surface area contributed by atoms with Gasteiger partial charge in [0.25, 0.3) is 6.23 Å². The van der Waals surface area contributed by atoms with Gasteiger partial charge in [0.05, 0.1) is 21.1 Å². The van der Waals surface area contributed by atoms with Crippen LogP contribution in [0, 0.1) is 0 Å². The highest BCUT2D eigenvalue weighted by atomic mass is 16.4. The number of aliphatic carboxylic acids is 1. The average molecular weight is 134 g/mol. The van der Waals surface area contributed by atoms with Crippen molar-refractivity contribution >= 4 is 5.97 Å². The van der Waals surface area contributed by atoms with Crippen molar-refractivity contribution in [1.82, 2.24) is 0 Å². The summed E-state index contributed by atoms with van der Waals surface area (Å²) in [7, 11) is 4.83. The standard InChI is InChI=1S/C5H11NO3/c1-6(2,3)4(7)5(8)9/h4,7H,1-3H3/p+1. The summed E-state index contributed by atoms with van der Waals surface area (Å²) in [6.07, 6.45) is -1.33. The smallest absolute Gasteiger partial charge is 0.392 e. The van der Waals surface area contributed by atoms with E-state index in [1.165, 1.54) is 0 Å². The first-order valence-corrected chi connectivity index (χ1v) is 2.57. The molecule has 4 heteroatoms. The van der Waals surface area contributed by atoms with Gasteiger partial charge in [-0.1, -0.05) is 0 Å². The average Bonchev–Trinajstić information content (AvgIpc) is 1.62. The Labute approximate surface area is 53.9 Å². The summed E-state index contributed by atoms with van der Waals surface area (Å²) < 4.78 is 0.0231. The lowest BCUT2D eigenvalue weighted by molar-refractivity contribution is -0.908. The van der Waals surface area contributed by atoms with Crippen LogP contribution in [0.3, 0.4) is 0 Å². The van der Waals surface area contributed by atoms with Gasteiger partial charge in [0.2, 0.25) is 0 Å². The summed E-state index contributed by atoms with van der Waals surface area (Å²) in [5.74, 6) is -1.19. The van der Waals surface area contributed by atoms with Crippen LogP contribution in [0.2, 0.25) is 0 Å². The van der Waals surface area contributed by atoms with E-state index >= 15 is 0 Å². The van der Waals surface area contributed by atoms with Crippen LogP contribution in [0.25, 0.3) is 0 Å². The molecule has 4 nitrogen and oxygen atoms in total. The third-order valence-corrected chi connectivity index (χ3v) is 0.955. The number of carboxylic acids is 1. The number of aliphatic hydroxyl groups is 1. The number of nitrogens with zero attached hydrogens (tertiary/aromatic N) is 1. The van der Waals surface area contributed by atoms with Gasteiger partial charge in [0.1, 0.15) is 0 Å². The van der Waals surface area contributed by atoms with Gasteiger partial charge in [-0.25, -0.2) is 4.79 Å². The van der Waals surface area contributed by atoms with Crippen LogP contribution in [-0.2, 0) is 4.79 Å². The van der Waals surface area contributed by atoms with Gasteiger partial charge in [-0.05, 0) is 0 Å².